The van der Waals surface area contributed by atoms with Gasteiger partial charge in [0.25, 0.3) is 0 Å². The van der Waals surface area contributed by atoms with E-state index in [1.807, 2.05) is 42.3 Å². The highest BCUT2D eigenvalue weighted by Gasteiger charge is 2.22. The number of fused-ring (bicyclic) bond motifs is 3. The highest BCUT2D eigenvalue weighted by Crippen LogP contribution is 2.40. The third-order valence-electron chi connectivity index (χ3n) is 5.81. The summed E-state index contributed by atoms with van der Waals surface area (Å²) in [5, 5.41) is 11.6. The lowest BCUT2D eigenvalue weighted by Crippen LogP contribution is -2.27. The molecule has 4 aromatic rings. The molecule has 2 aromatic heterocycles. The Morgan fingerprint density at radius 2 is 2.09 bits per heavy atom. The van der Waals surface area contributed by atoms with E-state index in [1.54, 1.807) is 6.20 Å². The van der Waals surface area contributed by atoms with E-state index in [-0.39, 0.29) is 6.61 Å². The second-order valence-corrected chi connectivity index (χ2v) is 8.87. The van der Waals surface area contributed by atoms with E-state index in [0.29, 0.717) is 30.8 Å². The van der Waals surface area contributed by atoms with Crippen LogP contribution in [-0.2, 0) is 0 Å². The molecule has 1 aliphatic rings. The molecule has 0 bridgehead atoms. The molecule has 0 spiro atoms. The van der Waals surface area contributed by atoms with Gasteiger partial charge in [-0.2, -0.15) is 5.48 Å². The number of hydrogen-bond acceptors (Lipinski definition) is 6. The second-order valence-electron chi connectivity index (χ2n) is 8.43. The van der Waals surface area contributed by atoms with Gasteiger partial charge in [-0.15, -0.1) is 0 Å². The van der Waals surface area contributed by atoms with Gasteiger partial charge >= 0.3 is 0 Å². The fraction of sp³-hybridized carbons (Fsp3) is 0.320. The Kier molecular flexibility index (Phi) is 6.37. The number of aromatic nitrogens is 2. The Morgan fingerprint density at radius 1 is 1.21 bits per heavy atom. The molecular weight excluding hydrogens is 440 g/mol. The summed E-state index contributed by atoms with van der Waals surface area (Å²) in [6, 6.07) is 14.5. The largest absolute Gasteiger partial charge is 0.490 e. The van der Waals surface area contributed by atoms with Crippen molar-refractivity contribution in [2.45, 2.75) is 18.9 Å². The fourth-order valence-electron chi connectivity index (χ4n) is 3.87. The predicted molar refractivity (Wildman–Crippen MR) is 131 cm³/mol. The van der Waals surface area contributed by atoms with Crippen LogP contribution < -0.4 is 15.1 Å². The van der Waals surface area contributed by atoms with Gasteiger partial charge in [-0.05, 0) is 61.3 Å². The van der Waals surface area contributed by atoms with Crippen LogP contribution in [0.5, 0.6) is 11.5 Å². The van der Waals surface area contributed by atoms with Crippen LogP contribution in [0.4, 0.5) is 0 Å². The molecule has 1 saturated carbocycles. The lowest BCUT2D eigenvalue weighted by atomic mass is 9.99. The van der Waals surface area contributed by atoms with E-state index >= 15 is 0 Å². The van der Waals surface area contributed by atoms with Crippen molar-refractivity contribution in [1.29, 1.82) is 0 Å². The van der Waals surface area contributed by atoms with Crippen molar-refractivity contribution < 1.29 is 14.7 Å². The lowest BCUT2D eigenvalue weighted by Gasteiger charge is -2.16. The van der Waals surface area contributed by atoms with Crippen molar-refractivity contribution in [3.05, 3.63) is 53.7 Å². The van der Waals surface area contributed by atoms with Gasteiger partial charge in [-0.3, -0.25) is 0 Å². The minimum Gasteiger partial charge on any atom is -0.490 e. The van der Waals surface area contributed by atoms with Crippen LogP contribution in [0.25, 0.3) is 33.1 Å². The average molecular weight is 467 g/mol. The number of aliphatic hydroxyl groups excluding tert-OH is 1. The molecule has 33 heavy (non-hydrogen) atoms. The van der Waals surface area contributed by atoms with E-state index in [2.05, 4.69) is 27.6 Å². The summed E-state index contributed by atoms with van der Waals surface area (Å²) in [6.45, 7) is 1.95. The maximum absolute atomic E-state index is 9.10. The number of hydrogen-bond donors (Lipinski definition) is 3. The molecule has 0 amide bonds. The minimum absolute atomic E-state index is 0.128. The van der Waals surface area contributed by atoms with E-state index in [0.717, 1.165) is 57.4 Å². The Morgan fingerprint density at radius 3 is 2.91 bits per heavy atom. The monoisotopic (exact) mass is 466 g/mol. The normalized spacial score (nSPS) is 13.8. The quantitative estimate of drug-likeness (QED) is 0.301. The zero-order valence-corrected chi connectivity index (χ0v) is 19.2. The number of nitrogens with one attached hydrogen (secondary N) is 2. The van der Waals surface area contributed by atoms with Gasteiger partial charge in [0, 0.05) is 36.1 Å². The zero-order chi connectivity index (χ0) is 22.8. The van der Waals surface area contributed by atoms with E-state index in [4.69, 9.17) is 26.3 Å². The van der Waals surface area contributed by atoms with Gasteiger partial charge in [0.1, 0.15) is 23.8 Å². The third-order valence-corrected chi connectivity index (χ3v) is 6.02. The first-order chi connectivity index (χ1) is 16.1. The molecule has 3 N–H and O–H groups in total. The molecule has 172 valence electrons. The average Bonchev–Trinajstić information content (AvgIpc) is 3.57. The lowest BCUT2D eigenvalue weighted by molar-refractivity contribution is 0.190. The molecular formula is C25H27ClN4O3. The molecule has 0 radical (unpaired) electrons. The topological polar surface area (TPSA) is 82.6 Å². The maximum atomic E-state index is 9.10. The molecule has 2 heterocycles. The summed E-state index contributed by atoms with van der Waals surface area (Å²) < 4.78 is 6.13. The number of likely N-dealkylation sites (N-methyl/N-ethyl adjacent to an activating group) is 1. The summed E-state index contributed by atoms with van der Waals surface area (Å²) in [5.74, 6) is 1.53. The van der Waals surface area contributed by atoms with Gasteiger partial charge in [0.2, 0.25) is 0 Å². The SMILES string of the molecule is CN(CCO)CCOc1ccc(-c2cccc(ONC3CC3)c2)c2c1[nH]c1ncc(Cl)cc12. The van der Waals surface area contributed by atoms with Crippen LogP contribution in [0.1, 0.15) is 12.8 Å². The van der Waals surface area contributed by atoms with Crippen LogP contribution in [-0.4, -0.2) is 59.4 Å². The number of halogens is 1. The smallest absolute Gasteiger partial charge is 0.147 e. The van der Waals surface area contributed by atoms with Gasteiger partial charge in [-0.25, -0.2) is 4.98 Å². The third kappa shape index (κ3) is 4.91. The summed E-state index contributed by atoms with van der Waals surface area (Å²) in [5.41, 5.74) is 6.81. The van der Waals surface area contributed by atoms with Crippen molar-refractivity contribution >= 4 is 33.5 Å². The molecule has 2 aromatic carbocycles. The molecule has 5 rings (SSSR count). The second kappa shape index (κ2) is 9.57. The Balaban J connectivity index is 1.53. The first-order valence-electron chi connectivity index (χ1n) is 11.2. The Bertz CT molecular complexity index is 1270. The van der Waals surface area contributed by atoms with E-state index in [9.17, 15) is 0 Å². The molecule has 0 unspecified atom stereocenters. The molecule has 1 fully saturated rings. The van der Waals surface area contributed by atoms with Crippen LogP contribution in [0.3, 0.4) is 0 Å². The number of aliphatic hydroxyl groups is 1. The fourth-order valence-corrected chi connectivity index (χ4v) is 4.03. The molecule has 1 aliphatic carbocycles. The highest BCUT2D eigenvalue weighted by molar-refractivity contribution is 6.31. The van der Waals surface area contributed by atoms with Crippen LogP contribution in [0, 0.1) is 0 Å². The number of rotatable bonds is 10. The van der Waals surface area contributed by atoms with Gasteiger partial charge < -0.3 is 24.6 Å². The van der Waals surface area contributed by atoms with Crippen molar-refractivity contribution in [2.24, 2.45) is 0 Å². The van der Waals surface area contributed by atoms with Crippen LogP contribution >= 0.6 is 11.6 Å². The Hall–Kier alpha value is -2.84. The molecule has 0 aliphatic heterocycles. The number of hydroxylamine groups is 1. The zero-order valence-electron chi connectivity index (χ0n) is 18.5. The summed E-state index contributed by atoms with van der Waals surface area (Å²) in [4.78, 5) is 15.7. The first-order valence-corrected chi connectivity index (χ1v) is 11.5. The number of benzene rings is 2. The predicted octanol–water partition coefficient (Wildman–Crippen LogP) is 4.39. The molecule has 7 nitrogen and oxygen atoms in total. The standard InChI is InChI=1S/C25H27ClN4O3/c1-30(9-11-31)10-12-32-22-8-7-20(16-3-2-4-19(13-16)33-29-18-5-6-18)23-21-14-17(26)15-27-25(21)28-24(22)23/h2-4,7-8,13-15,18,29,31H,5-6,9-12H2,1H3,(H,27,28). The van der Waals surface area contributed by atoms with E-state index in [1.165, 1.54) is 0 Å². The van der Waals surface area contributed by atoms with Crippen molar-refractivity contribution in [1.82, 2.24) is 20.3 Å². The molecule has 0 atom stereocenters. The van der Waals surface area contributed by atoms with Crippen molar-refractivity contribution in [3.8, 4) is 22.6 Å². The Labute approximate surface area is 197 Å². The van der Waals surface area contributed by atoms with Crippen LogP contribution in [0.2, 0.25) is 5.02 Å². The van der Waals surface area contributed by atoms with Crippen molar-refractivity contribution in [3.63, 3.8) is 0 Å². The van der Waals surface area contributed by atoms with Crippen molar-refractivity contribution in [2.75, 3.05) is 33.4 Å². The summed E-state index contributed by atoms with van der Waals surface area (Å²) in [7, 11) is 1.96. The number of H-pyrrole nitrogens is 1. The maximum Gasteiger partial charge on any atom is 0.147 e. The number of nitrogens with zero attached hydrogens (tertiary/aromatic N) is 2. The minimum atomic E-state index is 0.128. The summed E-state index contributed by atoms with van der Waals surface area (Å²) >= 11 is 6.30. The molecule has 0 saturated heterocycles. The highest BCUT2D eigenvalue weighted by atomic mass is 35.5. The van der Waals surface area contributed by atoms with Gasteiger partial charge in [0.15, 0.2) is 0 Å². The first kappa shape index (κ1) is 22.0. The van der Waals surface area contributed by atoms with Crippen LogP contribution in [0.15, 0.2) is 48.7 Å². The van der Waals surface area contributed by atoms with Gasteiger partial charge in [-0.1, -0.05) is 23.7 Å². The summed E-state index contributed by atoms with van der Waals surface area (Å²) in [6.07, 6.45) is 3.95. The number of ether oxygens (including phenoxy) is 1. The molecule has 8 heteroatoms. The van der Waals surface area contributed by atoms with Gasteiger partial charge in [0.05, 0.1) is 17.1 Å². The van der Waals surface area contributed by atoms with E-state index < -0.39 is 0 Å². The number of aromatic amines is 1. The number of pyridine rings is 1.